The quantitative estimate of drug-likeness (QED) is 0.650. The van der Waals surface area contributed by atoms with Crippen molar-refractivity contribution in [1.82, 2.24) is 0 Å². The Labute approximate surface area is 156 Å². The smallest absolute Gasteiger partial charge is 0.309 e. The molecule has 1 heterocycles. The van der Waals surface area contributed by atoms with Crippen LogP contribution in [0, 0.1) is 46.3 Å². The van der Waals surface area contributed by atoms with Gasteiger partial charge in [0.05, 0.1) is 18.1 Å². The summed E-state index contributed by atoms with van der Waals surface area (Å²) in [4.78, 5) is 12.1. The zero-order chi connectivity index (χ0) is 18.4. The van der Waals surface area contributed by atoms with Crippen LogP contribution in [0.4, 0.5) is 0 Å². The molecule has 5 fully saturated rings. The molecule has 0 spiro atoms. The molecule has 1 saturated heterocycles. The van der Waals surface area contributed by atoms with Gasteiger partial charge in [-0.1, -0.05) is 20.8 Å². The van der Waals surface area contributed by atoms with Crippen LogP contribution >= 0.6 is 0 Å². The SMILES string of the molecule is C[C@@H]1C(=O)O[C@H]2C[C@H]3[C@@H]4CC[C@H]5C[C@@H](O)[C@@H](O)C[C@]5(C)[C@H]4CC[C@]3(C)[C@H]21. The number of aliphatic hydroxyl groups is 2. The van der Waals surface area contributed by atoms with Crippen molar-refractivity contribution < 1.29 is 19.7 Å². The normalized spacial score (nSPS) is 61.3. The second kappa shape index (κ2) is 5.47. The summed E-state index contributed by atoms with van der Waals surface area (Å²) in [5.74, 6) is 2.98. The third-order valence-corrected chi connectivity index (χ3v) is 9.95. The van der Waals surface area contributed by atoms with Gasteiger partial charge in [0.2, 0.25) is 0 Å². The van der Waals surface area contributed by atoms with Crippen molar-refractivity contribution in [1.29, 1.82) is 0 Å². The van der Waals surface area contributed by atoms with Crippen LogP contribution in [0.15, 0.2) is 0 Å². The fourth-order valence-corrected chi connectivity index (χ4v) is 8.72. The van der Waals surface area contributed by atoms with Crippen molar-refractivity contribution in [2.24, 2.45) is 46.3 Å². The summed E-state index contributed by atoms with van der Waals surface area (Å²) in [5, 5.41) is 20.6. The first-order valence-electron chi connectivity index (χ1n) is 10.8. The zero-order valence-electron chi connectivity index (χ0n) is 16.4. The van der Waals surface area contributed by atoms with Gasteiger partial charge < -0.3 is 14.9 Å². The molecule has 4 aliphatic carbocycles. The highest BCUT2D eigenvalue weighted by Gasteiger charge is 2.66. The first-order chi connectivity index (χ1) is 12.3. The minimum atomic E-state index is -0.563. The number of aliphatic hydroxyl groups excluding tert-OH is 2. The van der Waals surface area contributed by atoms with Crippen LogP contribution in [-0.2, 0) is 9.53 Å². The lowest BCUT2D eigenvalue weighted by Gasteiger charge is -2.61. The number of esters is 1. The standard InChI is InChI=1S/C22H34O4/c1-11-19-18(26-20(11)25)9-15-13-5-4-12-8-16(23)17(24)10-22(12,3)14(13)6-7-21(15,19)2/h11-19,23-24H,4-10H2,1-3H3/t11-,12-,13+,14-,15-,16+,17-,18-,19-,21-,22-/m0/s1. The first kappa shape index (κ1) is 17.5. The molecule has 2 N–H and O–H groups in total. The molecule has 0 amide bonds. The Bertz CT molecular complexity index is 619. The maximum atomic E-state index is 12.1. The Morgan fingerprint density at radius 1 is 1.00 bits per heavy atom. The number of ether oxygens (including phenoxy) is 1. The maximum Gasteiger partial charge on any atom is 0.309 e. The highest BCUT2D eigenvalue weighted by atomic mass is 16.6. The summed E-state index contributed by atoms with van der Waals surface area (Å²) < 4.78 is 5.79. The van der Waals surface area contributed by atoms with E-state index in [1.54, 1.807) is 0 Å². The molecule has 26 heavy (non-hydrogen) atoms. The Balaban J connectivity index is 1.45. The molecule has 0 radical (unpaired) electrons. The fraction of sp³-hybridized carbons (Fsp3) is 0.955. The second-order valence-electron chi connectivity index (χ2n) is 10.8. The second-order valence-corrected chi connectivity index (χ2v) is 10.8. The minimum absolute atomic E-state index is 0.0156. The molecule has 146 valence electrons. The largest absolute Gasteiger partial charge is 0.462 e. The molecular weight excluding hydrogens is 328 g/mol. The molecule has 0 aromatic carbocycles. The van der Waals surface area contributed by atoms with Gasteiger partial charge in [0.1, 0.15) is 6.10 Å². The van der Waals surface area contributed by atoms with E-state index in [1.165, 1.54) is 25.7 Å². The Morgan fingerprint density at radius 2 is 1.77 bits per heavy atom. The molecular formula is C22H34O4. The van der Waals surface area contributed by atoms with Crippen molar-refractivity contribution in [3.05, 3.63) is 0 Å². The van der Waals surface area contributed by atoms with Crippen LogP contribution < -0.4 is 0 Å². The number of rotatable bonds is 0. The summed E-state index contributed by atoms with van der Waals surface area (Å²) >= 11 is 0. The molecule has 0 unspecified atom stereocenters. The van der Waals surface area contributed by atoms with Crippen LogP contribution in [0.5, 0.6) is 0 Å². The van der Waals surface area contributed by atoms with Gasteiger partial charge >= 0.3 is 5.97 Å². The molecule has 0 aromatic heterocycles. The van der Waals surface area contributed by atoms with E-state index in [0.717, 1.165) is 19.3 Å². The van der Waals surface area contributed by atoms with Gasteiger partial charge in [-0.15, -0.1) is 0 Å². The zero-order valence-corrected chi connectivity index (χ0v) is 16.4. The third-order valence-electron chi connectivity index (χ3n) is 9.95. The van der Waals surface area contributed by atoms with E-state index in [4.69, 9.17) is 4.74 Å². The van der Waals surface area contributed by atoms with E-state index in [-0.39, 0.29) is 28.8 Å². The van der Waals surface area contributed by atoms with Gasteiger partial charge in [0, 0.05) is 5.92 Å². The van der Waals surface area contributed by atoms with Gasteiger partial charge in [-0.25, -0.2) is 0 Å². The van der Waals surface area contributed by atoms with Gasteiger partial charge in [-0.2, -0.15) is 0 Å². The maximum absolute atomic E-state index is 12.1. The van der Waals surface area contributed by atoms with E-state index in [9.17, 15) is 15.0 Å². The van der Waals surface area contributed by atoms with Crippen molar-refractivity contribution in [2.45, 2.75) is 84.0 Å². The van der Waals surface area contributed by atoms with Crippen LogP contribution in [0.2, 0.25) is 0 Å². The monoisotopic (exact) mass is 362 g/mol. The molecule has 11 atom stereocenters. The van der Waals surface area contributed by atoms with Crippen molar-refractivity contribution in [3.8, 4) is 0 Å². The first-order valence-corrected chi connectivity index (χ1v) is 10.8. The molecule has 4 heteroatoms. The van der Waals surface area contributed by atoms with Crippen LogP contribution in [0.1, 0.15) is 65.7 Å². The molecule has 0 bridgehead atoms. The van der Waals surface area contributed by atoms with Crippen molar-refractivity contribution >= 4 is 5.97 Å². The summed E-state index contributed by atoms with van der Waals surface area (Å²) in [6.45, 7) is 6.90. The van der Waals surface area contributed by atoms with Crippen molar-refractivity contribution in [2.75, 3.05) is 0 Å². The summed E-state index contributed by atoms with van der Waals surface area (Å²) in [6, 6.07) is 0. The van der Waals surface area contributed by atoms with E-state index in [0.29, 0.717) is 29.6 Å². The van der Waals surface area contributed by atoms with Crippen LogP contribution in [0.25, 0.3) is 0 Å². The Morgan fingerprint density at radius 3 is 2.54 bits per heavy atom. The Hall–Kier alpha value is -0.610. The summed E-state index contributed by atoms with van der Waals surface area (Å²) in [6.07, 6.45) is 6.41. The topological polar surface area (TPSA) is 66.8 Å². The summed E-state index contributed by atoms with van der Waals surface area (Å²) in [7, 11) is 0. The van der Waals surface area contributed by atoms with Gasteiger partial charge in [0.15, 0.2) is 0 Å². The highest BCUT2D eigenvalue weighted by molar-refractivity contribution is 5.75. The fourth-order valence-electron chi connectivity index (χ4n) is 8.72. The predicted octanol–water partition coefficient (Wildman–Crippen LogP) is 3.15. The molecule has 5 rings (SSSR count). The van der Waals surface area contributed by atoms with E-state index < -0.39 is 12.2 Å². The average Bonchev–Trinajstić information content (AvgIpc) is 3.03. The molecule has 5 aliphatic rings. The number of carbonyl (C=O) groups excluding carboxylic acids is 1. The lowest BCUT2D eigenvalue weighted by molar-refractivity contribution is -0.162. The van der Waals surface area contributed by atoms with Crippen LogP contribution in [-0.4, -0.2) is 34.5 Å². The number of fused-ring (bicyclic) bond motifs is 7. The molecule has 4 nitrogen and oxygen atoms in total. The minimum Gasteiger partial charge on any atom is -0.462 e. The van der Waals surface area contributed by atoms with Gasteiger partial charge in [-0.3, -0.25) is 4.79 Å². The van der Waals surface area contributed by atoms with Crippen molar-refractivity contribution in [3.63, 3.8) is 0 Å². The molecule has 1 aliphatic heterocycles. The number of hydrogen-bond donors (Lipinski definition) is 2. The van der Waals surface area contributed by atoms with E-state index in [1.807, 2.05) is 0 Å². The number of carbonyl (C=O) groups is 1. The highest BCUT2D eigenvalue weighted by Crippen LogP contribution is 2.69. The predicted molar refractivity (Wildman–Crippen MR) is 97.0 cm³/mol. The van der Waals surface area contributed by atoms with E-state index >= 15 is 0 Å². The van der Waals surface area contributed by atoms with Gasteiger partial charge in [0.25, 0.3) is 0 Å². The third kappa shape index (κ3) is 2.06. The lowest BCUT2D eigenvalue weighted by Crippen LogP contribution is -2.56. The molecule has 0 aromatic rings. The molecule has 4 saturated carbocycles. The average molecular weight is 363 g/mol. The van der Waals surface area contributed by atoms with E-state index in [2.05, 4.69) is 20.8 Å². The van der Waals surface area contributed by atoms with Crippen LogP contribution in [0.3, 0.4) is 0 Å². The summed E-state index contributed by atoms with van der Waals surface area (Å²) in [5.41, 5.74) is 0.385. The Kier molecular flexibility index (Phi) is 3.68. The van der Waals surface area contributed by atoms with Gasteiger partial charge in [-0.05, 0) is 79.4 Å². The lowest BCUT2D eigenvalue weighted by atomic mass is 9.44. The number of hydrogen-bond acceptors (Lipinski definition) is 4.